The molecule has 0 aliphatic carbocycles. The lowest BCUT2D eigenvalue weighted by molar-refractivity contribution is -0.348. The monoisotopic (exact) mass is 634 g/mol. The molecule has 2 amide bonds. The fraction of sp³-hybridized carbons (Fsp3) is 0.208. The van der Waals surface area contributed by atoms with Crippen molar-refractivity contribution < 1.29 is 57.9 Å². The van der Waals surface area contributed by atoms with Gasteiger partial charge in [0.1, 0.15) is 10.8 Å². The molecule has 0 aliphatic heterocycles. The number of anilines is 3. The number of hydrogen-bond acceptors (Lipinski definition) is 4. The van der Waals surface area contributed by atoms with Gasteiger partial charge in [0.15, 0.2) is 5.82 Å². The van der Waals surface area contributed by atoms with Crippen LogP contribution in [0.2, 0.25) is 5.15 Å². The standard InChI is InChI=1S/C24H14ClF11N4O2/c1-9-6-11(21(27,23(31,32)33)24(34,35)36)7-13(22(28,29)30)17(9)39-20(42)12-3-4-14(37)18(16(12)26)40-19(41)10-2-5-15(25)38-8-10/h2-8H,37H2,1H3,(H,39,42)(H,40,41). The Kier molecular flexibility index (Phi) is 8.42. The van der Waals surface area contributed by atoms with Crippen molar-refractivity contribution in [2.24, 2.45) is 0 Å². The number of aromatic nitrogens is 1. The van der Waals surface area contributed by atoms with Crippen LogP contribution >= 0.6 is 11.6 Å². The second-order valence-electron chi connectivity index (χ2n) is 8.54. The minimum Gasteiger partial charge on any atom is -0.397 e. The van der Waals surface area contributed by atoms with Gasteiger partial charge in [0.2, 0.25) is 0 Å². The van der Waals surface area contributed by atoms with Crippen molar-refractivity contribution >= 4 is 40.5 Å². The summed E-state index contributed by atoms with van der Waals surface area (Å²) in [5.41, 5.74) is -10.2. The number of nitrogen functional groups attached to an aromatic ring is 1. The number of alkyl halides is 10. The molecule has 42 heavy (non-hydrogen) atoms. The topological polar surface area (TPSA) is 97.1 Å². The van der Waals surface area contributed by atoms with Crippen molar-refractivity contribution in [2.75, 3.05) is 16.4 Å². The molecular weight excluding hydrogens is 621 g/mol. The summed E-state index contributed by atoms with van der Waals surface area (Å²) >= 11 is 5.61. The van der Waals surface area contributed by atoms with Crippen LogP contribution in [0.5, 0.6) is 0 Å². The molecule has 0 saturated carbocycles. The Bertz CT molecular complexity index is 1520. The van der Waals surface area contributed by atoms with Gasteiger partial charge in [-0.2, -0.15) is 39.5 Å². The van der Waals surface area contributed by atoms with Gasteiger partial charge in [-0.15, -0.1) is 0 Å². The molecule has 0 fully saturated rings. The second kappa shape index (κ2) is 10.9. The van der Waals surface area contributed by atoms with E-state index in [9.17, 15) is 53.5 Å². The first-order valence-corrected chi connectivity index (χ1v) is 11.3. The highest BCUT2D eigenvalue weighted by atomic mass is 35.5. The molecule has 4 N–H and O–H groups in total. The van der Waals surface area contributed by atoms with Gasteiger partial charge < -0.3 is 16.4 Å². The van der Waals surface area contributed by atoms with Gasteiger partial charge >= 0.3 is 24.2 Å². The zero-order valence-corrected chi connectivity index (χ0v) is 21.2. The third kappa shape index (κ3) is 6.05. The maximum atomic E-state index is 15.2. The van der Waals surface area contributed by atoms with E-state index in [-0.39, 0.29) is 16.8 Å². The van der Waals surface area contributed by atoms with Crippen molar-refractivity contribution in [1.82, 2.24) is 4.98 Å². The summed E-state index contributed by atoms with van der Waals surface area (Å²) in [5, 5.41) is 3.62. The number of carbonyl (C=O) groups excluding carboxylic acids is 2. The number of carbonyl (C=O) groups is 2. The summed E-state index contributed by atoms with van der Waals surface area (Å²) in [6, 6.07) is 3.01. The highest BCUT2D eigenvalue weighted by Crippen LogP contribution is 2.54. The zero-order chi connectivity index (χ0) is 32.0. The van der Waals surface area contributed by atoms with Crippen LogP contribution in [0.1, 0.15) is 37.4 Å². The van der Waals surface area contributed by atoms with Gasteiger partial charge in [-0.05, 0) is 42.8 Å². The van der Waals surface area contributed by atoms with Gasteiger partial charge in [0, 0.05) is 11.8 Å². The van der Waals surface area contributed by atoms with Crippen LogP contribution in [-0.2, 0) is 11.8 Å². The molecule has 0 bridgehead atoms. The number of nitrogens with one attached hydrogen (secondary N) is 2. The summed E-state index contributed by atoms with van der Waals surface area (Å²) in [5.74, 6) is -4.25. The van der Waals surface area contributed by atoms with Crippen LogP contribution in [0.15, 0.2) is 42.6 Å². The molecule has 6 nitrogen and oxygen atoms in total. The molecule has 0 saturated heterocycles. The average molecular weight is 635 g/mol. The molecule has 226 valence electrons. The van der Waals surface area contributed by atoms with E-state index >= 15 is 4.39 Å². The van der Waals surface area contributed by atoms with E-state index in [4.69, 9.17) is 17.3 Å². The van der Waals surface area contributed by atoms with Crippen LogP contribution < -0.4 is 16.4 Å². The number of hydrogen-bond donors (Lipinski definition) is 3. The molecule has 3 aromatic rings. The first-order valence-electron chi connectivity index (χ1n) is 11.0. The van der Waals surface area contributed by atoms with Crippen molar-refractivity contribution in [3.8, 4) is 0 Å². The maximum Gasteiger partial charge on any atom is 0.435 e. The van der Waals surface area contributed by atoms with E-state index in [0.717, 1.165) is 12.3 Å². The van der Waals surface area contributed by atoms with Gasteiger partial charge in [0.25, 0.3) is 11.8 Å². The number of benzene rings is 2. The Morgan fingerprint density at radius 1 is 0.833 bits per heavy atom. The molecule has 0 atom stereocenters. The summed E-state index contributed by atoms with van der Waals surface area (Å²) in [7, 11) is 0. The van der Waals surface area contributed by atoms with Gasteiger partial charge in [0.05, 0.1) is 28.1 Å². The number of nitrogens with two attached hydrogens (primary N) is 1. The van der Waals surface area contributed by atoms with E-state index in [2.05, 4.69) is 4.98 Å². The first kappa shape index (κ1) is 32.4. The molecule has 0 aliphatic rings. The summed E-state index contributed by atoms with van der Waals surface area (Å²) < 4.78 is 150. The Balaban J connectivity index is 2.07. The molecular formula is C24H14ClF11N4O2. The summed E-state index contributed by atoms with van der Waals surface area (Å²) in [6.45, 7) is 0.562. The molecule has 3 rings (SSSR count). The Morgan fingerprint density at radius 2 is 1.40 bits per heavy atom. The van der Waals surface area contributed by atoms with Crippen molar-refractivity contribution in [3.63, 3.8) is 0 Å². The van der Waals surface area contributed by atoms with E-state index in [1.165, 1.54) is 12.1 Å². The van der Waals surface area contributed by atoms with Gasteiger partial charge in [-0.25, -0.2) is 13.8 Å². The van der Waals surface area contributed by atoms with Gasteiger partial charge in [-0.3, -0.25) is 9.59 Å². The van der Waals surface area contributed by atoms with Crippen LogP contribution in [-0.4, -0.2) is 29.2 Å². The second-order valence-corrected chi connectivity index (χ2v) is 8.92. The average Bonchev–Trinajstić information content (AvgIpc) is 2.85. The lowest BCUT2D eigenvalue weighted by atomic mass is 9.90. The maximum absolute atomic E-state index is 15.2. The number of rotatable bonds is 5. The number of pyridine rings is 1. The van der Waals surface area contributed by atoms with Crippen LogP contribution in [0, 0.1) is 12.7 Å². The van der Waals surface area contributed by atoms with E-state index in [1.807, 2.05) is 5.32 Å². The van der Waals surface area contributed by atoms with E-state index in [0.29, 0.717) is 13.0 Å². The molecule has 0 radical (unpaired) electrons. The molecule has 2 aromatic carbocycles. The van der Waals surface area contributed by atoms with E-state index in [1.54, 1.807) is 5.32 Å². The van der Waals surface area contributed by atoms with Crippen molar-refractivity contribution in [2.45, 2.75) is 31.1 Å². The predicted octanol–water partition coefficient (Wildman–Crippen LogP) is 7.58. The smallest absolute Gasteiger partial charge is 0.397 e. The summed E-state index contributed by atoms with van der Waals surface area (Å²) in [4.78, 5) is 28.9. The SMILES string of the molecule is Cc1cc(C(F)(C(F)(F)F)C(F)(F)F)cc(C(F)(F)F)c1NC(=O)c1ccc(N)c(NC(=O)c2ccc(Cl)nc2)c1F. The highest BCUT2D eigenvalue weighted by molar-refractivity contribution is 6.29. The first-order chi connectivity index (χ1) is 19.1. The number of aryl methyl sites for hydroxylation is 1. The predicted molar refractivity (Wildman–Crippen MR) is 127 cm³/mol. The molecule has 1 aromatic heterocycles. The highest BCUT2D eigenvalue weighted by Gasteiger charge is 2.73. The molecule has 1 heterocycles. The third-order valence-corrected chi connectivity index (χ3v) is 5.93. The minimum absolute atomic E-state index is 0.00600. The Hall–Kier alpha value is -4.15. The lowest BCUT2D eigenvalue weighted by Crippen LogP contribution is -2.50. The summed E-state index contributed by atoms with van der Waals surface area (Å²) in [6.07, 6.45) is -18.2. The third-order valence-electron chi connectivity index (χ3n) is 5.71. The fourth-order valence-electron chi connectivity index (χ4n) is 3.63. The fourth-order valence-corrected chi connectivity index (χ4v) is 3.75. The Morgan fingerprint density at radius 3 is 1.90 bits per heavy atom. The Labute approximate surface area is 232 Å². The van der Waals surface area contributed by atoms with Crippen molar-refractivity contribution in [1.29, 1.82) is 0 Å². The number of amides is 2. The number of nitrogens with zero attached hydrogens (tertiary/aromatic N) is 1. The van der Waals surface area contributed by atoms with Gasteiger partial charge in [-0.1, -0.05) is 17.7 Å². The van der Waals surface area contributed by atoms with Crippen molar-refractivity contribution in [3.05, 3.63) is 81.4 Å². The van der Waals surface area contributed by atoms with Crippen LogP contribution in [0.4, 0.5) is 65.4 Å². The largest absolute Gasteiger partial charge is 0.435 e. The quantitative estimate of drug-likeness (QED) is 0.153. The van der Waals surface area contributed by atoms with Crippen LogP contribution in [0.3, 0.4) is 0 Å². The number of halogens is 12. The molecule has 0 spiro atoms. The lowest BCUT2D eigenvalue weighted by Gasteiger charge is -2.31. The normalized spacial score (nSPS) is 12.7. The molecule has 18 heteroatoms. The molecule has 0 unspecified atom stereocenters. The minimum atomic E-state index is -6.72. The van der Waals surface area contributed by atoms with Crippen LogP contribution in [0.25, 0.3) is 0 Å². The zero-order valence-electron chi connectivity index (χ0n) is 20.4. The van der Waals surface area contributed by atoms with E-state index < -0.39 is 87.2 Å².